The molecule has 0 bridgehead atoms. The lowest BCUT2D eigenvalue weighted by molar-refractivity contribution is 0.0593. The molecule has 0 aliphatic heterocycles. The summed E-state index contributed by atoms with van der Waals surface area (Å²) in [6, 6.07) is 14.5. The Morgan fingerprint density at radius 2 is 1.90 bits per heavy atom. The van der Waals surface area contributed by atoms with Crippen molar-refractivity contribution in [2.75, 3.05) is 13.4 Å². The summed E-state index contributed by atoms with van der Waals surface area (Å²) in [4.78, 5) is 16.5. The molecule has 11 heteroatoms. The number of carbonyl (C=O) groups is 1. The van der Waals surface area contributed by atoms with Gasteiger partial charge in [-0.2, -0.15) is 10.1 Å². The highest BCUT2D eigenvalue weighted by Gasteiger charge is 2.22. The molecule has 0 aliphatic carbocycles. The molecule has 0 radical (unpaired) electrons. The lowest BCUT2D eigenvalue weighted by Gasteiger charge is -2.06. The smallest absolute Gasteiger partial charge is 0.358 e. The van der Waals surface area contributed by atoms with Crippen molar-refractivity contribution in [1.29, 1.82) is 0 Å². The minimum atomic E-state index is -3.41. The number of esters is 1. The fourth-order valence-corrected chi connectivity index (χ4v) is 3.74. The van der Waals surface area contributed by atoms with E-state index >= 15 is 0 Å². The minimum Gasteiger partial charge on any atom is -0.464 e. The molecule has 0 saturated heterocycles. The number of ether oxygens (including phenoxy) is 1. The van der Waals surface area contributed by atoms with E-state index in [1.165, 1.54) is 30.0 Å². The number of halogens is 1. The molecule has 0 spiro atoms. The van der Waals surface area contributed by atoms with E-state index in [2.05, 4.69) is 15.2 Å². The van der Waals surface area contributed by atoms with E-state index in [0.29, 0.717) is 22.0 Å². The molecule has 4 rings (SSSR count). The highest BCUT2D eigenvalue weighted by molar-refractivity contribution is 7.90. The molecule has 0 fully saturated rings. The summed E-state index contributed by atoms with van der Waals surface area (Å²) in [7, 11) is -2.16. The fourth-order valence-electron chi connectivity index (χ4n) is 2.86. The Morgan fingerprint density at radius 1 is 1.13 bits per heavy atom. The highest BCUT2D eigenvalue weighted by atomic mass is 35.5. The van der Waals surface area contributed by atoms with Crippen LogP contribution in [0.25, 0.3) is 28.7 Å². The Bertz CT molecular complexity index is 1390. The summed E-state index contributed by atoms with van der Waals surface area (Å²) in [5, 5.41) is 8.65. The average Bonchev–Trinajstić information content (AvgIpc) is 3.40. The van der Waals surface area contributed by atoms with Crippen LogP contribution in [0.3, 0.4) is 0 Å². The topological polar surface area (TPSA) is 117 Å². The number of hydrogen-bond donors (Lipinski definition) is 0. The summed E-state index contributed by atoms with van der Waals surface area (Å²) in [5.41, 5.74) is 1.30. The first-order valence-corrected chi connectivity index (χ1v) is 11.1. The van der Waals surface area contributed by atoms with Gasteiger partial charge in [0.25, 0.3) is 5.89 Å². The van der Waals surface area contributed by atoms with Gasteiger partial charge in [-0.25, -0.2) is 17.9 Å². The average molecular weight is 459 g/mol. The van der Waals surface area contributed by atoms with Gasteiger partial charge in [0, 0.05) is 17.9 Å². The molecule has 4 aromatic rings. The zero-order valence-electron chi connectivity index (χ0n) is 16.3. The van der Waals surface area contributed by atoms with Crippen LogP contribution in [0.15, 0.2) is 64.0 Å². The van der Waals surface area contributed by atoms with Crippen molar-refractivity contribution < 1.29 is 22.5 Å². The monoisotopic (exact) mass is 458 g/mol. The number of benzene rings is 2. The van der Waals surface area contributed by atoms with E-state index in [-0.39, 0.29) is 22.3 Å². The first-order chi connectivity index (χ1) is 14.8. The lowest BCUT2D eigenvalue weighted by Crippen LogP contribution is -2.05. The number of sulfone groups is 1. The molecule has 0 unspecified atom stereocenters. The maximum absolute atomic E-state index is 12.0. The van der Waals surface area contributed by atoms with Crippen molar-refractivity contribution in [3.8, 4) is 28.7 Å². The van der Waals surface area contributed by atoms with E-state index in [1.807, 2.05) is 0 Å². The Morgan fingerprint density at radius 3 is 2.61 bits per heavy atom. The third kappa shape index (κ3) is 4.07. The van der Waals surface area contributed by atoms with Gasteiger partial charge < -0.3 is 9.26 Å². The van der Waals surface area contributed by atoms with E-state index in [1.54, 1.807) is 36.4 Å². The first kappa shape index (κ1) is 20.8. The number of carbonyl (C=O) groups excluding carboxylic acids is 1. The predicted molar refractivity (Wildman–Crippen MR) is 112 cm³/mol. The Balaban J connectivity index is 1.83. The van der Waals surface area contributed by atoms with Crippen LogP contribution < -0.4 is 0 Å². The molecule has 2 aromatic heterocycles. The van der Waals surface area contributed by atoms with Crippen LogP contribution >= 0.6 is 11.6 Å². The molecule has 31 heavy (non-hydrogen) atoms. The van der Waals surface area contributed by atoms with Gasteiger partial charge in [-0.05, 0) is 30.3 Å². The molecular weight excluding hydrogens is 444 g/mol. The summed E-state index contributed by atoms with van der Waals surface area (Å²) in [5.74, 6) is -0.411. The van der Waals surface area contributed by atoms with Gasteiger partial charge >= 0.3 is 5.97 Å². The Hall–Kier alpha value is -3.50. The normalized spacial score (nSPS) is 11.5. The Labute approximate surface area is 182 Å². The van der Waals surface area contributed by atoms with Crippen molar-refractivity contribution in [2.45, 2.75) is 4.90 Å². The molecule has 2 heterocycles. The van der Waals surface area contributed by atoms with Crippen LogP contribution in [0.1, 0.15) is 10.5 Å². The first-order valence-electron chi connectivity index (χ1n) is 8.86. The standard InChI is InChI=1S/C20H15ClN4O5S/c1-29-20(26)15-11-17(25(23-15)16-9-4-3-8-14(16)21)18-22-19(30-24-18)12-6-5-7-13(10-12)31(2,27)28/h3-11H,1-2H3. The number of aromatic nitrogens is 4. The predicted octanol–water partition coefficient (Wildman–Crippen LogP) is 3.43. The van der Waals surface area contributed by atoms with Gasteiger partial charge in [0.15, 0.2) is 15.5 Å². The lowest BCUT2D eigenvalue weighted by atomic mass is 10.2. The van der Waals surface area contributed by atoms with E-state index < -0.39 is 15.8 Å². The van der Waals surface area contributed by atoms with Crippen LogP contribution in [0.4, 0.5) is 0 Å². The summed E-state index contributed by atoms with van der Waals surface area (Å²) >= 11 is 6.30. The molecule has 9 nitrogen and oxygen atoms in total. The summed E-state index contributed by atoms with van der Waals surface area (Å²) in [6.45, 7) is 0. The second kappa shape index (κ2) is 7.97. The maximum Gasteiger partial charge on any atom is 0.358 e. The third-order valence-corrected chi connectivity index (χ3v) is 5.78. The van der Waals surface area contributed by atoms with Gasteiger partial charge in [0.05, 0.1) is 22.7 Å². The van der Waals surface area contributed by atoms with Crippen LogP contribution in [-0.4, -0.2) is 47.7 Å². The van der Waals surface area contributed by atoms with Crippen LogP contribution in [0.2, 0.25) is 5.02 Å². The number of nitrogens with zero attached hydrogens (tertiary/aromatic N) is 4. The second-order valence-electron chi connectivity index (χ2n) is 6.49. The van der Waals surface area contributed by atoms with Gasteiger partial charge in [0.2, 0.25) is 5.82 Å². The maximum atomic E-state index is 12.0. The van der Waals surface area contributed by atoms with Crippen molar-refractivity contribution >= 4 is 27.4 Å². The van der Waals surface area contributed by atoms with Gasteiger partial charge in [-0.15, -0.1) is 0 Å². The highest BCUT2D eigenvalue weighted by Crippen LogP contribution is 2.29. The molecule has 158 valence electrons. The summed E-state index contributed by atoms with van der Waals surface area (Å²) < 4.78 is 35.2. The molecule has 0 atom stereocenters. The Kier molecular flexibility index (Phi) is 5.34. The van der Waals surface area contributed by atoms with Gasteiger partial charge in [-0.1, -0.05) is 35.0 Å². The van der Waals surface area contributed by atoms with Crippen LogP contribution in [-0.2, 0) is 14.6 Å². The molecule has 0 amide bonds. The number of rotatable bonds is 5. The third-order valence-electron chi connectivity index (χ3n) is 4.35. The molecule has 2 aromatic carbocycles. The number of hydrogen-bond acceptors (Lipinski definition) is 8. The SMILES string of the molecule is COC(=O)c1cc(-c2noc(-c3cccc(S(C)(=O)=O)c3)n2)n(-c2ccccc2Cl)n1. The molecule has 0 aliphatic rings. The van der Waals surface area contributed by atoms with E-state index in [0.717, 1.165) is 6.26 Å². The van der Waals surface area contributed by atoms with E-state index in [9.17, 15) is 13.2 Å². The fraction of sp³-hybridized carbons (Fsp3) is 0.100. The number of para-hydroxylation sites is 1. The minimum absolute atomic E-state index is 0.0304. The van der Waals surface area contributed by atoms with Crippen LogP contribution in [0.5, 0.6) is 0 Å². The van der Waals surface area contributed by atoms with Gasteiger partial charge in [0.1, 0.15) is 5.69 Å². The van der Waals surface area contributed by atoms with Crippen molar-refractivity contribution in [2.24, 2.45) is 0 Å². The zero-order chi connectivity index (χ0) is 22.2. The quantitative estimate of drug-likeness (QED) is 0.417. The molecule has 0 saturated carbocycles. The largest absolute Gasteiger partial charge is 0.464 e. The number of methoxy groups -OCH3 is 1. The van der Waals surface area contributed by atoms with Crippen molar-refractivity contribution in [3.05, 3.63) is 65.3 Å². The summed E-state index contributed by atoms with van der Waals surface area (Å²) in [6.07, 6.45) is 1.11. The van der Waals surface area contributed by atoms with E-state index in [4.69, 9.17) is 20.9 Å². The van der Waals surface area contributed by atoms with Crippen molar-refractivity contribution in [3.63, 3.8) is 0 Å². The zero-order valence-corrected chi connectivity index (χ0v) is 17.9. The van der Waals surface area contributed by atoms with Crippen LogP contribution in [0, 0.1) is 0 Å². The second-order valence-corrected chi connectivity index (χ2v) is 8.92. The van der Waals surface area contributed by atoms with Crippen molar-refractivity contribution in [1.82, 2.24) is 19.9 Å². The van der Waals surface area contributed by atoms with Gasteiger partial charge in [-0.3, -0.25) is 0 Å². The molecule has 0 N–H and O–H groups in total. The molecular formula is C20H15ClN4O5S.